The zero-order valence-electron chi connectivity index (χ0n) is 27.4. The van der Waals surface area contributed by atoms with Crippen molar-refractivity contribution < 1.29 is 17.9 Å². The first-order chi connectivity index (χ1) is 19.8. The molecule has 1 aliphatic carbocycles. The Bertz CT molecular complexity index is 1230. The van der Waals surface area contributed by atoms with Crippen molar-refractivity contribution in [2.24, 2.45) is 5.41 Å². The molecule has 1 atom stereocenters. The van der Waals surface area contributed by atoms with E-state index in [1.165, 1.54) is 35.4 Å². The summed E-state index contributed by atoms with van der Waals surface area (Å²) in [5.41, 5.74) is 7.84. The molecule has 0 saturated heterocycles. The van der Waals surface area contributed by atoms with E-state index in [4.69, 9.17) is 4.74 Å². The predicted octanol–water partition coefficient (Wildman–Crippen LogP) is 10.7. The minimum Gasteiger partial charge on any atom is -0.374 e. The number of benzene rings is 1. The summed E-state index contributed by atoms with van der Waals surface area (Å²) in [5.74, 6) is -0.106. The minimum atomic E-state index is -4.38. The highest BCUT2D eigenvalue weighted by atomic mass is 19.4. The minimum absolute atomic E-state index is 0.0652. The number of alkyl halides is 3. The number of H-pyrrole nitrogens is 1. The monoisotopic (exact) mass is 587 g/mol. The van der Waals surface area contributed by atoms with Gasteiger partial charge in [-0.1, -0.05) is 79.5 Å². The predicted molar refractivity (Wildman–Crippen MR) is 169 cm³/mol. The molecular formula is C35H52F3N3O. The molecule has 1 unspecified atom stereocenters. The fraction of sp³-hybridized carbons (Fsp3) is 0.571. The second kappa shape index (κ2) is 15.6. The van der Waals surface area contributed by atoms with Crippen LogP contribution in [-0.4, -0.2) is 22.9 Å². The van der Waals surface area contributed by atoms with E-state index < -0.39 is 11.7 Å². The van der Waals surface area contributed by atoms with Gasteiger partial charge in [0, 0.05) is 22.9 Å². The number of halogens is 3. The van der Waals surface area contributed by atoms with Gasteiger partial charge in [-0.2, -0.15) is 18.3 Å². The normalized spacial score (nSPS) is 19.1. The molecular weight excluding hydrogens is 535 g/mol. The first kappa shape index (κ1) is 35.4. The maximum absolute atomic E-state index is 13.2. The number of nitrogens with one attached hydrogen (secondary N) is 2. The van der Waals surface area contributed by atoms with Crippen molar-refractivity contribution in [1.82, 2.24) is 15.5 Å². The Labute approximate surface area is 251 Å². The average molecular weight is 588 g/mol. The lowest BCUT2D eigenvalue weighted by Gasteiger charge is -2.42. The number of unbranched alkanes of at least 4 members (excludes halogenated alkanes) is 1. The van der Waals surface area contributed by atoms with Crippen molar-refractivity contribution in [3.8, 4) is 11.3 Å². The van der Waals surface area contributed by atoms with Gasteiger partial charge in [-0.3, -0.25) is 5.10 Å². The smallest absolute Gasteiger partial charge is 0.374 e. The molecule has 0 fully saturated rings. The fourth-order valence-electron chi connectivity index (χ4n) is 5.47. The van der Waals surface area contributed by atoms with Crippen LogP contribution >= 0.6 is 0 Å². The maximum Gasteiger partial charge on any atom is 0.416 e. The van der Waals surface area contributed by atoms with Crippen LogP contribution in [0.15, 0.2) is 64.7 Å². The standard InChI is InChI=1S/C30H38F3N3O.C3H8.C2H6/c1-7-8-9-21-14-29(5,6)15-25-26(21)27(24(19(4)35-25)17-37-18(2)3)23-16-34-36-28(23)20-10-12-22(13-11-20)30(31,32)33;1-3-2;1-2/h9-13,16,18,27,35H,7-8,14-15,17H2,1-6H3,(H,34,36);3H2,1-2H3;1-2H3. The van der Waals surface area contributed by atoms with Crippen LogP contribution in [0, 0.1) is 5.41 Å². The van der Waals surface area contributed by atoms with Crippen LogP contribution in [0.25, 0.3) is 11.3 Å². The first-order valence-corrected chi connectivity index (χ1v) is 15.5. The van der Waals surface area contributed by atoms with Crippen LogP contribution < -0.4 is 5.32 Å². The Morgan fingerprint density at radius 3 is 2.24 bits per heavy atom. The summed E-state index contributed by atoms with van der Waals surface area (Å²) in [7, 11) is 0. The average Bonchev–Trinajstić information content (AvgIpc) is 3.40. The molecule has 42 heavy (non-hydrogen) atoms. The van der Waals surface area contributed by atoms with Crippen LogP contribution in [-0.2, 0) is 10.9 Å². The van der Waals surface area contributed by atoms with E-state index in [9.17, 15) is 13.2 Å². The van der Waals surface area contributed by atoms with Gasteiger partial charge in [0.25, 0.3) is 0 Å². The number of aromatic nitrogens is 2. The Morgan fingerprint density at radius 1 is 1.07 bits per heavy atom. The highest BCUT2D eigenvalue weighted by Gasteiger charge is 2.40. The molecule has 1 aromatic heterocycles. The number of hydrogen-bond acceptors (Lipinski definition) is 3. The highest BCUT2D eigenvalue weighted by molar-refractivity contribution is 5.68. The lowest BCUT2D eigenvalue weighted by Crippen LogP contribution is -2.35. The quantitative estimate of drug-likeness (QED) is 0.339. The lowest BCUT2D eigenvalue weighted by molar-refractivity contribution is -0.137. The van der Waals surface area contributed by atoms with Crippen LogP contribution in [0.2, 0.25) is 0 Å². The SMILES string of the molecule is CC.CCC.CCCC=C1CC(C)(C)CC2=C1C(c1cn[nH]c1-c1ccc(C(F)(F)F)cc1)C(COC(C)C)=C(C)N2. The molecule has 2 aromatic rings. The van der Waals surface area contributed by atoms with E-state index in [1.54, 1.807) is 0 Å². The molecule has 0 saturated carbocycles. The summed E-state index contributed by atoms with van der Waals surface area (Å²) in [6.07, 6.45) is 5.07. The van der Waals surface area contributed by atoms with Gasteiger partial charge in [0.2, 0.25) is 0 Å². The molecule has 0 bridgehead atoms. The third-order valence-corrected chi connectivity index (χ3v) is 7.18. The van der Waals surface area contributed by atoms with Crippen molar-refractivity contribution in [3.05, 3.63) is 75.8 Å². The lowest BCUT2D eigenvalue weighted by atomic mass is 9.66. The zero-order valence-corrected chi connectivity index (χ0v) is 27.4. The Morgan fingerprint density at radius 2 is 1.69 bits per heavy atom. The van der Waals surface area contributed by atoms with E-state index in [0.717, 1.165) is 60.3 Å². The number of aromatic amines is 1. The van der Waals surface area contributed by atoms with Gasteiger partial charge in [-0.25, -0.2) is 0 Å². The molecule has 234 valence electrons. The van der Waals surface area contributed by atoms with Gasteiger partial charge in [-0.15, -0.1) is 0 Å². The van der Waals surface area contributed by atoms with E-state index >= 15 is 0 Å². The summed E-state index contributed by atoms with van der Waals surface area (Å²) in [5, 5.41) is 11.2. The molecule has 2 aliphatic rings. The van der Waals surface area contributed by atoms with E-state index in [2.05, 4.69) is 63.1 Å². The number of allylic oxidation sites excluding steroid dienone is 5. The molecule has 1 aliphatic heterocycles. The number of dihydropyridines is 1. The van der Waals surface area contributed by atoms with Crippen molar-refractivity contribution in [2.45, 2.75) is 120 Å². The highest BCUT2D eigenvalue weighted by Crippen LogP contribution is 2.52. The largest absolute Gasteiger partial charge is 0.416 e. The van der Waals surface area contributed by atoms with Gasteiger partial charge < -0.3 is 10.1 Å². The molecule has 2 heterocycles. The number of hydrogen-bond donors (Lipinski definition) is 2. The van der Waals surface area contributed by atoms with Gasteiger partial charge in [0.1, 0.15) is 0 Å². The Balaban J connectivity index is 0.00000116. The molecule has 7 heteroatoms. The summed E-state index contributed by atoms with van der Waals surface area (Å²) in [6, 6.07) is 5.31. The third kappa shape index (κ3) is 8.85. The van der Waals surface area contributed by atoms with Crippen LogP contribution in [0.3, 0.4) is 0 Å². The zero-order chi connectivity index (χ0) is 31.7. The van der Waals surface area contributed by atoms with Crippen LogP contribution in [0.1, 0.15) is 118 Å². The molecule has 0 amide bonds. The van der Waals surface area contributed by atoms with Crippen molar-refractivity contribution in [3.63, 3.8) is 0 Å². The Hall–Kier alpha value is -2.80. The third-order valence-electron chi connectivity index (χ3n) is 7.18. The number of rotatable bonds is 7. The second-order valence-corrected chi connectivity index (χ2v) is 12.0. The topological polar surface area (TPSA) is 49.9 Å². The molecule has 1 aromatic carbocycles. The summed E-state index contributed by atoms with van der Waals surface area (Å²) < 4.78 is 45.8. The van der Waals surface area contributed by atoms with Gasteiger partial charge >= 0.3 is 6.18 Å². The van der Waals surface area contributed by atoms with Gasteiger partial charge in [0.15, 0.2) is 0 Å². The van der Waals surface area contributed by atoms with Crippen molar-refractivity contribution >= 4 is 0 Å². The van der Waals surface area contributed by atoms with Gasteiger partial charge in [-0.05, 0) is 79.9 Å². The van der Waals surface area contributed by atoms with E-state index in [1.807, 2.05) is 33.9 Å². The molecule has 0 spiro atoms. The molecule has 0 radical (unpaired) electrons. The summed E-state index contributed by atoms with van der Waals surface area (Å²) in [4.78, 5) is 0. The van der Waals surface area contributed by atoms with Crippen molar-refractivity contribution in [2.75, 3.05) is 6.61 Å². The molecule has 2 N–H and O–H groups in total. The first-order valence-electron chi connectivity index (χ1n) is 15.5. The van der Waals surface area contributed by atoms with Crippen LogP contribution in [0.4, 0.5) is 13.2 Å². The van der Waals surface area contributed by atoms with Gasteiger partial charge in [0.05, 0.1) is 30.2 Å². The van der Waals surface area contributed by atoms with E-state index in [0.29, 0.717) is 12.2 Å². The summed E-state index contributed by atoms with van der Waals surface area (Å²) in [6.45, 7) is 21.6. The molecule has 4 rings (SSSR count). The summed E-state index contributed by atoms with van der Waals surface area (Å²) >= 11 is 0. The number of nitrogens with zero attached hydrogens (tertiary/aromatic N) is 1. The fourth-order valence-corrected chi connectivity index (χ4v) is 5.47. The van der Waals surface area contributed by atoms with E-state index in [-0.39, 0.29) is 17.4 Å². The van der Waals surface area contributed by atoms with Crippen LogP contribution in [0.5, 0.6) is 0 Å². The van der Waals surface area contributed by atoms with Crippen molar-refractivity contribution in [1.29, 1.82) is 0 Å². The Kier molecular flexibility index (Phi) is 13.2. The second-order valence-electron chi connectivity index (χ2n) is 12.0. The molecule has 4 nitrogen and oxygen atoms in total. The number of ether oxygens (including phenoxy) is 1. The maximum atomic E-state index is 13.2.